The number of benzene rings is 3. The molecule has 2 N–H and O–H groups in total. The molecule has 0 fully saturated rings. The Morgan fingerprint density at radius 1 is 0.875 bits per heavy atom. The number of rotatable bonds is 8. The number of nitrogens with one attached hydrogen (secondary N) is 2. The third kappa shape index (κ3) is 6.85. The molecule has 3 aromatic rings. The van der Waals surface area contributed by atoms with Gasteiger partial charge in [-0.25, -0.2) is 0 Å². The van der Waals surface area contributed by atoms with Crippen LogP contribution in [0.2, 0.25) is 0 Å². The molecule has 0 aliphatic rings. The van der Waals surface area contributed by atoms with Gasteiger partial charge < -0.3 is 15.4 Å². The lowest BCUT2D eigenvalue weighted by Crippen LogP contribution is -2.30. The Balaban J connectivity index is 1.74. The van der Waals surface area contributed by atoms with E-state index in [-0.39, 0.29) is 23.3 Å². The lowest BCUT2D eigenvalue weighted by atomic mass is 10.1. The summed E-state index contributed by atoms with van der Waals surface area (Å²) in [6.45, 7) is 0. The standard InChI is InChI=1S/C25H22N2O4S/c1-31-23(28)17-32-21-14-12-20(13-15-21)26-25(30)22(16-18-8-4-2-5-9-18)27-24(29)19-10-6-3-7-11-19/h2-16H,17H2,1H3,(H,26,30)(H,27,29)/b22-16-. The highest BCUT2D eigenvalue weighted by Crippen LogP contribution is 2.21. The number of ether oxygens (including phenoxy) is 1. The fourth-order valence-corrected chi connectivity index (χ4v) is 3.42. The highest BCUT2D eigenvalue weighted by molar-refractivity contribution is 8.00. The monoisotopic (exact) mass is 446 g/mol. The number of methoxy groups -OCH3 is 1. The quantitative estimate of drug-likeness (QED) is 0.305. The minimum absolute atomic E-state index is 0.120. The number of hydrogen-bond donors (Lipinski definition) is 2. The normalized spacial score (nSPS) is 10.8. The Bertz CT molecular complexity index is 1100. The predicted molar refractivity (Wildman–Crippen MR) is 126 cm³/mol. The van der Waals surface area contributed by atoms with Crippen molar-refractivity contribution in [2.45, 2.75) is 4.90 Å². The number of hydrogen-bond acceptors (Lipinski definition) is 5. The van der Waals surface area contributed by atoms with E-state index in [1.807, 2.05) is 36.4 Å². The van der Waals surface area contributed by atoms with E-state index in [1.165, 1.54) is 18.9 Å². The number of esters is 1. The molecule has 3 aromatic carbocycles. The molecule has 0 spiro atoms. The smallest absolute Gasteiger partial charge is 0.315 e. The van der Waals surface area contributed by atoms with Crippen molar-refractivity contribution in [2.75, 3.05) is 18.2 Å². The van der Waals surface area contributed by atoms with Crippen molar-refractivity contribution in [1.82, 2.24) is 5.32 Å². The number of carbonyl (C=O) groups excluding carboxylic acids is 3. The highest BCUT2D eigenvalue weighted by Gasteiger charge is 2.15. The molecule has 32 heavy (non-hydrogen) atoms. The van der Waals surface area contributed by atoms with Gasteiger partial charge in [0.1, 0.15) is 5.70 Å². The van der Waals surface area contributed by atoms with Crippen molar-refractivity contribution >= 4 is 41.3 Å². The largest absolute Gasteiger partial charge is 0.468 e. The first kappa shape index (κ1) is 22.8. The molecule has 0 saturated carbocycles. The summed E-state index contributed by atoms with van der Waals surface area (Å²) in [5.74, 6) is -0.930. The topological polar surface area (TPSA) is 84.5 Å². The minimum Gasteiger partial charge on any atom is -0.468 e. The Morgan fingerprint density at radius 2 is 1.50 bits per heavy atom. The first-order valence-electron chi connectivity index (χ1n) is 9.79. The molecule has 7 heteroatoms. The highest BCUT2D eigenvalue weighted by atomic mass is 32.2. The molecule has 6 nitrogen and oxygen atoms in total. The van der Waals surface area contributed by atoms with Gasteiger partial charge in [0.2, 0.25) is 0 Å². The molecule has 0 saturated heterocycles. The van der Waals surface area contributed by atoms with Crippen LogP contribution >= 0.6 is 11.8 Å². The number of amides is 2. The van der Waals surface area contributed by atoms with Gasteiger partial charge in [-0.15, -0.1) is 11.8 Å². The second-order valence-corrected chi connectivity index (χ2v) is 7.68. The van der Waals surface area contributed by atoms with Gasteiger partial charge in [-0.2, -0.15) is 0 Å². The zero-order valence-corrected chi connectivity index (χ0v) is 18.2. The summed E-state index contributed by atoms with van der Waals surface area (Å²) in [5, 5.41) is 5.51. The van der Waals surface area contributed by atoms with E-state index in [2.05, 4.69) is 15.4 Å². The van der Waals surface area contributed by atoms with Crippen LogP contribution in [0, 0.1) is 0 Å². The molecule has 3 rings (SSSR count). The maximum absolute atomic E-state index is 13.0. The van der Waals surface area contributed by atoms with Crippen LogP contribution in [0.3, 0.4) is 0 Å². The third-order valence-electron chi connectivity index (χ3n) is 4.34. The molecule has 2 amide bonds. The van der Waals surface area contributed by atoms with Crippen molar-refractivity contribution in [3.63, 3.8) is 0 Å². The average Bonchev–Trinajstić information content (AvgIpc) is 2.84. The second kappa shape index (κ2) is 11.5. The third-order valence-corrected chi connectivity index (χ3v) is 5.32. The average molecular weight is 447 g/mol. The molecule has 0 atom stereocenters. The molecule has 0 aliphatic heterocycles. The first-order chi connectivity index (χ1) is 15.5. The van der Waals surface area contributed by atoms with Crippen molar-refractivity contribution in [3.05, 3.63) is 102 Å². The molecular formula is C25H22N2O4S. The van der Waals surface area contributed by atoms with E-state index in [0.717, 1.165) is 10.5 Å². The zero-order chi connectivity index (χ0) is 22.8. The van der Waals surface area contributed by atoms with Gasteiger partial charge >= 0.3 is 5.97 Å². The van der Waals surface area contributed by atoms with Crippen molar-refractivity contribution < 1.29 is 19.1 Å². The van der Waals surface area contributed by atoms with Crippen LogP contribution in [0.1, 0.15) is 15.9 Å². The minimum atomic E-state index is -0.451. The fourth-order valence-electron chi connectivity index (χ4n) is 2.69. The van der Waals surface area contributed by atoms with Crippen molar-refractivity contribution in [2.24, 2.45) is 0 Å². The summed E-state index contributed by atoms with van der Waals surface area (Å²) in [5.41, 5.74) is 1.91. The van der Waals surface area contributed by atoms with E-state index >= 15 is 0 Å². The van der Waals surface area contributed by atoms with Gasteiger partial charge in [0.25, 0.3) is 11.8 Å². The molecular weight excluding hydrogens is 424 g/mol. The Hall–Kier alpha value is -3.84. The molecule has 0 unspecified atom stereocenters. The summed E-state index contributed by atoms with van der Waals surface area (Å²) in [4.78, 5) is 37.7. The van der Waals surface area contributed by atoms with Crippen LogP contribution in [0.5, 0.6) is 0 Å². The molecule has 0 bridgehead atoms. The summed E-state index contributed by atoms with van der Waals surface area (Å²) in [6, 6.07) is 25.0. The van der Waals surface area contributed by atoms with E-state index in [4.69, 9.17) is 0 Å². The zero-order valence-electron chi connectivity index (χ0n) is 17.4. The SMILES string of the molecule is COC(=O)CSc1ccc(NC(=O)/C(=C/c2ccccc2)NC(=O)c2ccccc2)cc1. The van der Waals surface area contributed by atoms with Crippen molar-refractivity contribution in [3.8, 4) is 0 Å². The first-order valence-corrected chi connectivity index (χ1v) is 10.8. The predicted octanol–water partition coefficient (Wildman–Crippen LogP) is 4.36. The van der Waals surface area contributed by atoms with Crippen LogP contribution in [0.15, 0.2) is 95.5 Å². The van der Waals surface area contributed by atoms with Gasteiger partial charge in [0.15, 0.2) is 0 Å². The number of anilines is 1. The van der Waals surface area contributed by atoms with Crippen LogP contribution in [-0.4, -0.2) is 30.6 Å². The summed E-state index contributed by atoms with van der Waals surface area (Å²) in [6.07, 6.45) is 1.62. The summed E-state index contributed by atoms with van der Waals surface area (Å²) < 4.78 is 4.63. The molecule has 0 radical (unpaired) electrons. The molecule has 162 valence electrons. The Kier molecular flexibility index (Phi) is 8.22. The van der Waals surface area contributed by atoms with Gasteiger partial charge in [-0.3, -0.25) is 14.4 Å². The van der Waals surface area contributed by atoms with Gasteiger partial charge in [0.05, 0.1) is 12.9 Å². The van der Waals surface area contributed by atoms with Crippen LogP contribution in [0.25, 0.3) is 6.08 Å². The maximum atomic E-state index is 13.0. The Labute approximate surface area is 190 Å². The lowest BCUT2D eigenvalue weighted by molar-refractivity contribution is -0.137. The molecule has 0 aliphatic carbocycles. The van der Waals surface area contributed by atoms with E-state index in [9.17, 15) is 14.4 Å². The van der Waals surface area contributed by atoms with E-state index in [0.29, 0.717) is 11.3 Å². The molecule has 0 heterocycles. The van der Waals surface area contributed by atoms with Gasteiger partial charge in [-0.1, -0.05) is 48.5 Å². The summed E-state index contributed by atoms with van der Waals surface area (Å²) in [7, 11) is 1.35. The Morgan fingerprint density at radius 3 is 2.12 bits per heavy atom. The van der Waals surface area contributed by atoms with E-state index in [1.54, 1.807) is 54.6 Å². The van der Waals surface area contributed by atoms with Crippen LogP contribution in [0.4, 0.5) is 5.69 Å². The van der Waals surface area contributed by atoms with Crippen LogP contribution < -0.4 is 10.6 Å². The number of carbonyl (C=O) groups is 3. The lowest BCUT2D eigenvalue weighted by Gasteiger charge is -2.12. The number of thioether (sulfide) groups is 1. The van der Waals surface area contributed by atoms with Crippen molar-refractivity contribution in [1.29, 1.82) is 0 Å². The van der Waals surface area contributed by atoms with Gasteiger partial charge in [-0.05, 0) is 48.0 Å². The summed E-state index contributed by atoms with van der Waals surface area (Å²) >= 11 is 1.34. The maximum Gasteiger partial charge on any atom is 0.315 e. The van der Waals surface area contributed by atoms with E-state index < -0.39 is 5.91 Å². The van der Waals surface area contributed by atoms with Crippen LogP contribution in [-0.2, 0) is 14.3 Å². The van der Waals surface area contributed by atoms with Gasteiger partial charge in [0, 0.05) is 16.1 Å². The fraction of sp³-hybridized carbons (Fsp3) is 0.0800. The second-order valence-electron chi connectivity index (χ2n) is 6.63. The molecule has 0 aromatic heterocycles.